The van der Waals surface area contributed by atoms with Gasteiger partial charge in [-0.15, -0.1) is 0 Å². The molecule has 0 unspecified atom stereocenters. The van der Waals surface area contributed by atoms with Crippen molar-refractivity contribution in [1.29, 1.82) is 0 Å². The highest BCUT2D eigenvalue weighted by atomic mass is 15.2. The van der Waals surface area contributed by atoms with Crippen molar-refractivity contribution in [2.75, 3.05) is 9.80 Å². The van der Waals surface area contributed by atoms with Gasteiger partial charge in [-0.25, -0.2) is 0 Å². The Morgan fingerprint density at radius 3 is 0.710 bits per heavy atom. The zero-order valence-corrected chi connectivity index (χ0v) is 88.9. The first-order valence-electron chi connectivity index (χ1n) is 59.1. The van der Waals surface area contributed by atoms with E-state index in [9.17, 15) is 24.7 Å². The molecule has 0 saturated carbocycles. The smallest absolute Gasteiger partial charge is 0.252 e. The lowest BCUT2D eigenvalue weighted by Gasteiger charge is -2.46. The van der Waals surface area contributed by atoms with Gasteiger partial charge >= 0.3 is 0 Å². The van der Waals surface area contributed by atoms with Crippen LogP contribution in [-0.4, -0.2) is 15.8 Å². The van der Waals surface area contributed by atoms with Crippen molar-refractivity contribution < 1.29 is 24.7 Å². The Morgan fingerprint density at radius 1 is 0.210 bits per heavy atom. The van der Waals surface area contributed by atoms with Crippen LogP contribution in [0.2, 0.25) is 0 Å². The quantitative estimate of drug-likeness (QED) is 0.0750. The summed E-state index contributed by atoms with van der Waals surface area (Å²) < 4.78 is 188. The second-order valence-electron chi connectivity index (χ2n) is 51.3. The lowest BCUT2D eigenvalue weighted by atomic mass is 9.33. The number of nitrogens with zero attached hydrogens (tertiary/aromatic N) is 4. The van der Waals surface area contributed by atoms with Crippen LogP contribution in [0.4, 0.5) is 34.1 Å². The fourth-order valence-electron chi connectivity index (χ4n) is 20.8. The molecule has 0 spiro atoms. The second-order valence-corrected chi connectivity index (χ2v) is 51.3. The van der Waals surface area contributed by atoms with E-state index in [0.717, 1.165) is 49.8 Å². The van der Waals surface area contributed by atoms with Crippen LogP contribution in [0.5, 0.6) is 0 Å². The molecule has 5 heteroatoms. The van der Waals surface area contributed by atoms with E-state index >= 15 is 0 Å². The van der Waals surface area contributed by atoms with E-state index in [1.165, 1.54) is 0 Å². The molecule has 0 fully saturated rings. The monoisotopic (exact) mass is 1840 g/mol. The standard InChI is InChI=1S/C133H161BN4/c1-123(2,3)74-85-38-34-42-94(58-85)102-72-116(104(68-98(102)83-132(28,29)30)96-44-36-40-87(60-96)76-125(7,8)9)137-118-70-100(135-112-54-46-89(78-127(13,14)15)62-106(112)107-63-90(47-55-113(107)135)79-128(16,17)18)50-52-110(118)134-111-53-51-101(136-114-56-48-91(80-129(19,20)21)64-108(114)109-65-92(49-57-115(109)136)81-130(22,23)24)71-119(111)138(121-67-93(82-131(25,26)27)66-120(137)122(121)134)117-73-103(95-43-35-39-86(59-95)75-124(4,5)6)99(84-133(31,32)33)69-105(117)97-45-37-41-88(61-97)77-126(10,11)12/h34-73H,74-84H2,1-33H3/i74D2,75D2,76D2,77D2,78D2,79D2,80D2,81D2,82D2. The summed E-state index contributed by atoms with van der Waals surface area (Å²) in [7, 11) is 0. The zero-order valence-electron chi connectivity index (χ0n) is 107. The van der Waals surface area contributed by atoms with Crippen LogP contribution in [-0.2, 0) is 70.2 Å². The third kappa shape index (κ3) is 22.3. The van der Waals surface area contributed by atoms with E-state index in [4.69, 9.17) is 0 Å². The maximum atomic E-state index is 11.4. The van der Waals surface area contributed by atoms with Crippen molar-refractivity contribution in [3.8, 4) is 55.9 Å². The molecule has 0 N–H and O–H groups in total. The maximum Gasteiger partial charge on any atom is 0.252 e. The lowest BCUT2D eigenvalue weighted by Crippen LogP contribution is -2.61. The first-order chi connectivity index (χ1) is 71.1. The van der Waals surface area contributed by atoms with Gasteiger partial charge in [0, 0.05) is 91.5 Å². The summed E-state index contributed by atoms with van der Waals surface area (Å²) in [5, 5.41) is 2.78. The number of anilines is 6. The van der Waals surface area contributed by atoms with Crippen molar-refractivity contribution in [1.82, 2.24) is 9.13 Å². The summed E-state index contributed by atoms with van der Waals surface area (Å²) in [5.41, 5.74) is 12.5. The van der Waals surface area contributed by atoms with E-state index in [2.05, 4.69) is 158 Å². The van der Waals surface area contributed by atoms with Crippen LogP contribution in [0.15, 0.2) is 243 Å². The highest BCUT2D eigenvalue weighted by Crippen LogP contribution is 2.55. The SMILES string of the molecule is [2H]C([2H])(c1cccc(-c2cc(N3c4cc(-n5c6ccc(C([2H])([2H])C(C)(C)C)cc6c6cc(C([2H])([2H])C(C)(C)C)ccc65)ccc4B4c5ccc(-n6c7ccc(C([2H])([2H])C(C)(C)C)cc7c7cc(C([2H])([2H])C(C)(C)C)ccc76)cc5N(c5cc(-c6cccc(C([2H])([2H])C(C)(C)C)c6)c(CC(C)(C)C)cc5-c5cccc(C([2H])([2H])C(C)(C)C)c5)c5cc(C([2H])([2H])C(C)(C)C)cc3c54)c(-c3cccc(C([2H])([2H])C(C)(C)C)c3)cc2CC(C)(C)C)c1)C(C)(C)C. The fraction of sp³-hybridized carbons (Fsp3) is 0.414. The first kappa shape index (κ1) is 77.9. The Hall–Kier alpha value is -10.9. The molecular formula is C133H161BN4. The molecule has 0 saturated heterocycles. The Kier molecular flexibility index (Phi) is 20.2. The minimum Gasteiger partial charge on any atom is -0.311 e. The molecule has 0 atom stereocenters. The molecule has 15 aromatic rings. The average Bonchev–Trinajstić information content (AvgIpc) is 0.918. The Balaban J connectivity index is 1.14. The number of hydrogen-bond donors (Lipinski definition) is 0. The molecule has 0 radical (unpaired) electrons. The molecule has 0 amide bonds. The number of benzene rings is 13. The Morgan fingerprint density at radius 2 is 0.457 bits per heavy atom. The minimum absolute atomic E-state index is 0.294. The van der Waals surface area contributed by atoms with Gasteiger partial charge in [0.15, 0.2) is 0 Å². The highest BCUT2D eigenvalue weighted by molar-refractivity contribution is 7.00. The molecule has 716 valence electrons. The van der Waals surface area contributed by atoms with E-state index in [1.807, 2.05) is 333 Å². The van der Waals surface area contributed by atoms with Gasteiger partial charge in [0.1, 0.15) is 0 Å². The third-order valence-electron chi connectivity index (χ3n) is 24.8. The molecule has 0 bridgehead atoms. The van der Waals surface area contributed by atoms with Crippen molar-refractivity contribution in [3.63, 3.8) is 0 Å². The molecule has 13 aromatic carbocycles. The molecule has 4 heterocycles. The van der Waals surface area contributed by atoms with Crippen molar-refractivity contribution in [2.45, 2.75) is 299 Å². The van der Waals surface area contributed by atoms with Crippen LogP contribution >= 0.6 is 0 Å². The lowest BCUT2D eigenvalue weighted by molar-refractivity contribution is 0.410. The topological polar surface area (TPSA) is 16.3 Å². The molecule has 138 heavy (non-hydrogen) atoms. The van der Waals surface area contributed by atoms with Crippen molar-refractivity contribution >= 4 is 101 Å². The van der Waals surface area contributed by atoms with Crippen LogP contribution < -0.4 is 26.2 Å². The molecule has 2 aromatic heterocycles. The second kappa shape index (κ2) is 35.7. The average molecular weight is 1840 g/mol. The summed E-state index contributed by atoms with van der Waals surface area (Å²) in [6, 6.07) is 80.8. The van der Waals surface area contributed by atoms with Gasteiger partial charge in [0.25, 0.3) is 6.71 Å². The normalized spacial score (nSPS) is 16.7. The van der Waals surface area contributed by atoms with Crippen LogP contribution in [0.25, 0.3) is 99.5 Å². The minimum atomic E-state index is -2.25. The molecule has 0 aliphatic carbocycles. The number of fused-ring (bicyclic) bond motifs is 10. The van der Waals surface area contributed by atoms with Crippen LogP contribution in [0.3, 0.4) is 0 Å². The summed E-state index contributed by atoms with van der Waals surface area (Å²) in [5.74, 6) is 0. The summed E-state index contributed by atoms with van der Waals surface area (Å²) in [4.78, 5) is 4.63. The largest absolute Gasteiger partial charge is 0.311 e. The highest BCUT2D eigenvalue weighted by Gasteiger charge is 2.46. The van der Waals surface area contributed by atoms with Gasteiger partial charge in [-0.3, -0.25) is 0 Å². The van der Waals surface area contributed by atoms with E-state index < -0.39 is 124 Å². The van der Waals surface area contributed by atoms with Gasteiger partial charge in [-0.1, -0.05) is 362 Å². The summed E-state index contributed by atoms with van der Waals surface area (Å²) in [6.07, 6.45) is -16.3. The molecule has 4 nitrogen and oxygen atoms in total. The van der Waals surface area contributed by atoms with Crippen molar-refractivity contribution in [3.05, 3.63) is 304 Å². The van der Waals surface area contributed by atoms with Crippen LogP contribution in [0.1, 0.15) is 314 Å². The van der Waals surface area contributed by atoms with E-state index in [0.29, 0.717) is 174 Å². The molecular weight excluding hydrogens is 1660 g/mol. The van der Waals surface area contributed by atoms with Gasteiger partial charge < -0.3 is 18.9 Å². The number of aromatic nitrogens is 2. The Labute approximate surface area is 857 Å². The summed E-state index contributed by atoms with van der Waals surface area (Å²) in [6.45, 7) is 64.0. The van der Waals surface area contributed by atoms with Gasteiger partial charge in [-0.05, 0) is 350 Å². The van der Waals surface area contributed by atoms with E-state index in [-0.39, 0.29) is 0 Å². The fourth-order valence-corrected chi connectivity index (χ4v) is 20.8. The maximum absolute atomic E-state index is 11.4. The molecule has 17 rings (SSSR count). The first-order valence-corrected chi connectivity index (χ1v) is 50.1. The van der Waals surface area contributed by atoms with Crippen molar-refractivity contribution in [2.24, 2.45) is 59.6 Å². The third-order valence-corrected chi connectivity index (χ3v) is 24.8. The Bertz CT molecular complexity index is 7520. The molecule has 2 aliphatic heterocycles. The van der Waals surface area contributed by atoms with Gasteiger partial charge in [-0.2, -0.15) is 0 Å². The van der Waals surface area contributed by atoms with Crippen LogP contribution in [0, 0.1) is 59.6 Å². The predicted octanol–water partition coefficient (Wildman–Crippen LogP) is 36.1. The predicted molar refractivity (Wildman–Crippen MR) is 606 cm³/mol. The van der Waals surface area contributed by atoms with E-state index in [1.54, 1.807) is 0 Å². The molecule has 2 aliphatic rings. The zero-order chi connectivity index (χ0) is 116. The van der Waals surface area contributed by atoms with Gasteiger partial charge in [0.05, 0.1) is 33.4 Å². The van der Waals surface area contributed by atoms with Gasteiger partial charge in [0.2, 0.25) is 0 Å². The number of rotatable bonds is 19. The number of hydrogen-bond acceptors (Lipinski definition) is 2. The summed E-state index contributed by atoms with van der Waals surface area (Å²) >= 11 is 0.